The average molecular weight is 302 g/mol. The van der Waals surface area contributed by atoms with E-state index in [9.17, 15) is 20.4 Å². The van der Waals surface area contributed by atoms with Crippen LogP contribution in [0.5, 0.6) is 23.0 Å². The molecule has 2 aromatic carbocycles. The number of fused-ring (bicyclic) bond motifs is 3. The summed E-state index contributed by atoms with van der Waals surface area (Å²) >= 11 is 0. The van der Waals surface area contributed by atoms with Crippen molar-refractivity contribution in [1.82, 2.24) is 0 Å². The molecule has 5 heteroatoms. The van der Waals surface area contributed by atoms with E-state index >= 15 is 0 Å². The van der Waals surface area contributed by atoms with Crippen molar-refractivity contribution in [1.29, 1.82) is 0 Å². The molecule has 3 rings (SSSR count). The molecule has 0 aromatic heterocycles. The first kappa shape index (κ1) is 14.5. The minimum Gasteiger partial charge on any atom is -0.508 e. The Kier molecular flexibility index (Phi) is 3.37. The molecule has 1 atom stereocenters. The molecule has 1 aliphatic heterocycles. The minimum atomic E-state index is -1.08. The van der Waals surface area contributed by atoms with Crippen LogP contribution in [0.15, 0.2) is 30.3 Å². The van der Waals surface area contributed by atoms with Crippen LogP contribution in [-0.2, 0) is 6.42 Å². The van der Waals surface area contributed by atoms with Gasteiger partial charge in [-0.15, -0.1) is 0 Å². The Bertz CT molecular complexity index is 725. The summed E-state index contributed by atoms with van der Waals surface area (Å²) in [6.45, 7) is 1.94. The first-order valence-electron chi connectivity index (χ1n) is 7.15. The minimum absolute atomic E-state index is 0.0592. The van der Waals surface area contributed by atoms with E-state index in [1.165, 1.54) is 24.3 Å². The van der Waals surface area contributed by atoms with Crippen molar-refractivity contribution in [3.63, 3.8) is 0 Å². The largest absolute Gasteiger partial charge is 0.508 e. The third-order valence-electron chi connectivity index (χ3n) is 4.13. The Morgan fingerprint density at radius 1 is 1.05 bits per heavy atom. The lowest BCUT2D eigenvalue weighted by Crippen LogP contribution is -2.38. The second-order valence-electron chi connectivity index (χ2n) is 5.72. The maximum absolute atomic E-state index is 10.7. The molecule has 1 unspecified atom stereocenters. The van der Waals surface area contributed by atoms with E-state index in [0.717, 1.165) is 5.56 Å². The lowest BCUT2D eigenvalue weighted by molar-refractivity contribution is -0.00849. The van der Waals surface area contributed by atoms with Gasteiger partial charge in [0.15, 0.2) is 11.5 Å². The molecule has 0 bridgehead atoms. The highest BCUT2D eigenvalue weighted by molar-refractivity contribution is 5.77. The van der Waals surface area contributed by atoms with Gasteiger partial charge >= 0.3 is 0 Å². The monoisotopic (exact) mass is 302 g/mol. The van der Waals surface area contributed by atoms with E-state index in [0.29, 0.717) is 29.7 Å². The molecule has 0 saturated heterocycles. The lowest BCUT2D eigenvalue weighted by atomic mass is 9.86. The third-order valence-corrected chi connectivity index (χ3v) is 4.13. The number of phenolic OH excluding ortho intramolecular Hbond substituents is 3. The van der Waals surface area contributed by atoms with Gasteiger partial charge in [0.2, 0.25) is 0 Å². The second-order valence-corrected chi connectivity index (χ2v) is 5.72. The van der Waals surface area contributed by atoms with Crippen molar-refractivity contribution in [2.24, 2.45) is 0 Å². The molecule has 116 valence electrons. The first-order chi connectivity index (χ1) is 10.4. The van der Waals surface area contributed by atoms with E-state index in [-0.39, 0.29) is 23.9 Å². The molecular formula is C17H18O5. The smallest absolute Gasteiger partial charge is 0.158 e. The Balaban J connectivity index is 2.25. The van der Waals surface area contributed by atoms with Crippen LogP contribution in [0.3, 0.4) is 0 Å². The summed E-state index contributed by atoms with van der Waals surface area (Å²) < 4.78 is 5.69. The molecular weight excluding hydrogens is 284 g/mol. The highest BCUT2D eigenvalue weighted by atomic mass is 16.5. The summed E-state index contributed by atoms with van der Waals surface area (Å²) in [6, 6.07) is 7.61. The summed E-state index contributed by atoms with van der Waals surface area (Å²) in [5.41, 5.74) is 0.995. The van der Waals surface area contributed by atoms with Crippen molar-refractivity contribution in [3.05, 3.63) is 35.9 Å². The van der Waals surface area contributed by atoms with Crippen molar-refractivity contribution in [2.45, 2.75) is 25.4 Å². The normalized spacial score (nSPS) is 20.3. The Morgan fingerprint density at radius 3 is 2.50 bits per heavy atom. The number of benzene rings is 2. The van der Waals surface area contributed by atoms with Gasteiger partial charge in [0, 0.05) is 18.1 Å². The fourth-order valence-electron chi connectivity index (χ4n) is 2.71. The van der Waals surface area contributed by atoms with Crippen molar-refractivity contribution >= 4 is 0 Å². The average Bonchev–Trinajstić information content (AvgIpc) is 2.48. The lowest BCUT2D eigenvalue weighted by Gasteiger charge is -2.31. The maximum atomic E-state index is 10.7. The summed E-state index contributed by atoms with van der Waals surface area (Å²) in [6.07, 6.45) is 0.773. The zero-order chi connectivity index (χ0) is 15.9. The van der Waals surface area contributed by atoms with Gasteiger partial charge in [0.05, 0.1) is 0 Å². The molecule has 22 heavy (non-hydrogen) atoms. The summed E-state index contributed by atoms with van der Waals surface area (Å²) in [5.74, 6) is 0.0271. The highest BCUT2D eigenvalue weighted by Crippen LogP contribution is 2.42. The number of hydrogen-bond acceptors (Lipinski definition) is 5. The Morgan fingerprint density at radius 2 is 1.77 bits per heavy atom. The van der Waals surface area contributed by atoms with Crippen LogP contribution in [0.4, 0.5) is 0 Å². The molecule has 5 nitrogen and oxygen atoms in total. The zero-order valence-electron chi connectivity index (χ0n) is 12.2. The van der Waals surface area contributed by atoms with Gasteiger partial charge < -0.3 is 25.2 Å². The molecule has 0 radical (unpaired) electrons. The van der Waals surface area contributed by atoms with Gasteiger partial charge in [-0.25, -0.2) is 0 Å². The highest BCUT2D eigenvalue weighted by Gasteiger charge is 2.31. The molecule has 1 heterocycles. The van der Waals surface area contributed by atoms with Crippen LogP contribution in [0.1, 0.15) is 18.9 Å². The summed E-state index contributed by atoms with van der Waals surface area (Å²) in [7, 11) is 0. The fourth-order valence-corrected chi connectivity index (χ4v) is 2.71. The molecule has 0 saturated carbocycles. The second kappa shape index (κ2) is 5.10. The number of phenols is 3. The van der Waals surface area contributed by atoms with Crippen LogP contribution in [0.2, 0.25) is 0 Å². The standard InChI is InChI=1S/C17H18O5/c1-2-17(21)8-10-5-14(19)15(20)7-13(10)12-4-3-11(18)6-16(12)22-9-17/h3-7,18-21H,2,8-9H2,1H3. The molecule has 4 N–H and O–H groups in total. The topological polar surface area (TPSA) is 90.2 Å². The molecule has 1 aliphatic rings. The molecule has 0 amide bonds. The van der Waals surface area contributed by atoms with Gasteiger partial charge in [0.25, 0.3) is 0 Å². The number of aliphatic hydroxyl groups is 1. The predicted octanol–water partition coefficient (Wildman–Crippen LogP) is 2.55. The molecule has 0 fully saturated rings. The number of hydrogen-bond donors (Lipinski definition) is 4. The van der Waals surface area contributed by atoms with E-state index in [2.05, 4.69) is 0 Å². The number of aromatic hydroxyl groups is 3. The van der Waals surface area contributed by atoms with Gasteiger partial charge in [0.1, 0.15) is 23.7 Å². The van der Waals surface area contributed by atoms with Crippen LogP contribution >= 0.6 is 0 Å². The molecule has 0 aliphatic carbocycles. The van der Waals surface area contributed by atoms with E-state index in [1.807, 2.05) is 6.92 Å². The quantitative estimate of drug-likeness (QED) is 0.608. The fraction of sp³-hybridized carbons (Fsp3) is 0.294. The van der Waals surface area contributed by atoms with Crippen LogP contribution < -0.4 is 4.74 Å². The van der Waals surface area contributed by atoms with Gasteiger partial charge in [-0.2, -0.15) is 0 Å². The Hall–Kier alpha value is -2.40. The summed E-state index contributed by atoms with van der Waals surface area (Å²) in [5, 5.41) is 39.9. The van der Waals surface area contributed by atoms with Crippen LogP contribution in [0, 0.1) is 0 Å². The number of rotatable bonds is 1. The van der Waals surface area contributed by atoms with Crippen molar-refractivity contribution < 1.29 is 25.2 Å². The van der Waals surface area contributed by atoms with Gasteiger partial charge in [-0.1, -0.05) is 6.92 Å². The molecule has 0 spiro atoms. The zero-order valence-corrected chi connectivity index (χ0v) is 12.2. The van der Waals surface area contributed by atoms with Crippen molar-refractivity contribution in [3.8, 4) is 34.1 Å². The van der Waals surface area contributed by atoms with E-state index in [4.69, 9.17) is 4.74 Å². The van der Waals surface area contributed by atoms with Gasteiger partial charge in [-0.3, -0.25) is 0 Å². The van der Waals surface area contributed by atoms with Gasteiger partial charge in [-0.05, 0) is 41.8 Å². The SMILES string of the molecule is CCC1(O)COc2cc(O)ccc2-c2cc(O)c(O)cc2C1. The predicted molar refractivity (Wildman–Crippen MR) is 81.3 cm³/mol. The Labute approximate surface area is 128 Å². The van der Waals surface area contributed by atoms with E-state index < -0.39 is 5.60 Å². The first-order valence-corrected chi connectivity index (χ1v) is 7.15. The maximum Gasteiger partial charge on any atom is 0.158 e. The molecule has 2 aromatic rings. The van der Waals surface area contributed by atoms with Crippen LogP contribution in [-0.4, -0.2) is 32.6 Å². The summed E-state index contributed by atoms with van der Waals surface area (Å²) in [4.78, 5) is 0. The van der Waals surface area contributed by atoms with Crippen molar-refractivity contribution in [2.75, 3.05) is 6.61 Å². The van der Waals surface area contributed by atoms with E-state index in [1.54, 1.807) is 6.07 Å². The van der Waals surface area contributed by atoms with Crippen LogP contribution in [0.25, 0.3) is 11.1 Å². The third kappa shape index (κ3) is 2.44. The number of ether oxygens (including phenoxy) is 1.